The number of hydrogen-bond donors (Lipinski definition) is 1. The van der Waals surface area contributed by atoms with Crippen LogP contribution in [0.5, 0.6) is 0 Å². The molecular formula is C17H16N2. The van der Waals surface area contributed by atoms with Gasteiger partial charge in [-0.1, -0.05) is 36.4 Å². The van der Waals surface area contributed by atoms with Crippen molar-refractivity contribution in [3.8, 4) is 0 Å². The van der Waals surface area contributed by atoms with Crippen molar-refractivity contribution in [2.75, 3.05) is 5.73 Å². The van der Waals surface area contributed by atoms with Crippen molar-refractivity contribution in [2.45, 2.75) is 13.3 Å². The van der Waals surface area contributed by atoms with Crippen molar-refractivity contribution in [2.24, 2.45) is 0 Å². The van der Waals surface area contributed by atoms with Gasteiger partial charge in [-0.2, -0.15) is 0 Å². The molecule has 0 amide bonds. The Morgan fingerprint density at radius 1 is 1.00 bits per heavy atom. The number of benzene rings is 2. The Labute approximate surface area is 112 Å². The van der Waals surface area contributed by atoms with Crippen LogP contribution in [0.15, 0.2) is 54.6 Å². The van der Waals surface area contributed by atoms with Crippen LogP contribution in [0.4, 0.5) is 5.69 Å². The zero-order valence-electron chi connectivity index (χ0n) is 10.9. The van der Waals surface area contributed by atoms with E-state index < -0.39 is 0 Å². The highest BCUT2D eigenvalue weighted by Gasteiger charge is 2.03. The first-order chi connectivity index (χ1) is 9.22. The predicted octanol–water partition coefficient (Wildman–Crippen LogP) is 3.72. The maximum Gasteiger partial charge on any atom is 0.0705 e. The Bertz CT molecular complexity index is 732. The molecule has 2 heteroatoms. The number of rotatable bonds is 2. The zero-order chi connectivity index (χ0) is 13.2. The summed E-state index contributed by atoms with van der Waals surface area (Å²) in [6, 6.07) is 18.5. The number of para-hydroxylation sites is 1. The van der Waals surface area contributed by atoms with E-state index in [2.05, 4.69) is 42.2 Å². The highest BCUT2D eigenvalue weighted by atomic mass is 14.7. The van der Waals surface area contributed by atoms with Crippen molar-refractivity contribution in [3.63, 3.8) is 0 Å². The number of fused-ring (bicyclic) bond motifs is 1. The summed E-state index contributed by atoms with van der Waals surface area (Å²) < 4.78 is 0. The first-order valence-corrected chi connectivity index (χ1v) is 6.42. The third-order valence-electron chi connectivity index (χ3n) is 3.33. The monoisotopic (exact) mass is 248 g/mol. The molecule has 0 atom stereocenters. The number of nitrogens with two attached hydrogens (primary N) is 1. The molecule has 3 rings (SSSR count). The van der Waals surface area contributed by atoms with Crippen molar-refractivity contribution in [1.82, 2.24) is 4.98 Å². The summed E-state index contributed by atoms with van der Waals surface area (Å²) in [6.07, 6.45) is 0.775. The number of pyridine rings is 1. The van der Waals surface area contributed by atoms with Gasteiger partial charge in [0.25, 0.3) is 0 Å². The average molecular weight is 248 g/mol. The molecule has 0 aliphatic heterocycles. The average Bonchev–Trinajstić information content (AvgIpc) is 2.42. The molecule has 94 valence electrons. The summed E-state index contributed by atoms with van der Waals surface area (Å²) in [5.41, 5.74) is 11.3. The van der Waals surface area contributed by atoms with E-state index in [1.54, 1.807) is 0 Å². The van der Waals surface area contributed by atoms with E-state index in [-0.39, 0.29) is 0 Å². The van der Waals surface area contributed by atoms with Gasteiger partial charge in [0.1, 0.15) is 0 Å². The molecule has 2 aromatic carbocycles. The molecule has 2 N–H and O–H groups in total. The lowest BCUT2D eigenvalue weighted by Gasteiger charge is -2.07. The molecule has 0 radical (unpaired) electrons. The third kappa shape index (κ3) is 2.43. The first kappa shape index (κ1) is 11.7. The molecular weight excluding hydrogens is 232 g/mol. The van der Waals surface area contributed by atoms with Gasteiger partial charge in [0.05, 0.1) is 5.52 Å². The largest absolute Gasteiger partial charge is 0.398 e. The van der Waals surface area contributed by atoms with E-state index in [0.29, 0.717) is 0 Å². The van der Waals surface area contributed by atoms with Gasteiger partial charge in [0.2, 0.25) is 0 Å². The molecule has 0 saturated heterocycles. The van der Waals surface area contributed by atoms with Gasteiger partial charge >= 0.3 is 0 Å². The molecule has 0 aliphatic carbocycles. The fraction of sp³-hybridized carbons (Fsp3) is 0.118. The van der Waals surface area contributed by atoms with Crippen molar-refractivity contribution < 1.29 is 0 Å². The molecule has 1 heterocycles. The number of aromatic nitrogens is 1. The van der Waals surface area contributed by atoms with Crippen LogP contribution in [0.2, 0.25) is 0 Å². The summed E-state index contributed by atoms with van der Waals surface area (Å²) in [5, 5.41) is 1.17. The Morgan fingerprint density at radius 3 is 2.68 bits per heavy atom. The van der Waals surface area contributed by atoms with Gasteiger partial charge in [-0.25, -0.2) is 0 Å². The number of hydrogen-bond acceptors (Lipinski definition) is 2. The summed E-state index contributed by atoms with van der Waals surface area (Å²) >= 11 is 0. The predicted molar refractivity (Wildman–Crippen MR) is 80.1 cm³/mol. The maximum absolute atomic E-state index is 6.05. The molecule has 0 spiro atoms. The van der Waals surface area contributed by atoms with E-state index in [1.807, 2.05) is 24.3 Å². The lowest BCUT2D eigenvalue weighted by molar-refractivity contribution is 1.10. The van der Waals surface area contributed by atoms with Crippen LogP contribution in [0.25, 0.3) is 10.9 Å². The second kappa shape index (κ2) is 4.73. The van der Waals surface area contributed by atoms with Crippen LogP contribution in [0.1, 0.15) is 16.8 Å². The molecule has 0 bridgehead atoms. The molecule has 0 fully saturated rings. The highest BCUT2D eigenvalue weighted by Crippen LogP contribution is 2.19. The van der Waals surface area contributed by atoms with Gasteiger partial charge in [-0.3, -0.25) is 4.98 Å². The van der Waals surface area contributed by atoms with Crippen LogP contribution in [0.3, 0.4) is 0 Å². The Kier molecular flexibility index (Phi) is 2.92. The standard InChI is InChI=1S/C17H16N2/c1-12-6-7-14(16(18)10-12)11-15-9-8-13-4-2-3-5-17(13)19-15/h2-10H,11,18H2,1H3. The number of nitrogen functional groups attached to an aromatic ring is 1. The Hall–Kier alpha value is -2.35. The summed E-state index contributed by atoms with van der Waals surface area (Å²) in [5.74, 6) is 0. The van der Waals surface area contributed by atoms with Crippen LogP contribution in [0, 0.1) is 6.92 Å². The third-order valence-corrected chi connectivity index (χ3v) is 3.33. The number of aryl methyl sites for hydroxylation is 1. The van der Waals surface area contributed by atoms with Crippen molar-refractivity contribution >= 4 is 16.6 Å². The topological polar surface area (TPSA) is 38.9 Å². The smallest absolute Gasteiger partial charge is 0.0705 e. The van der Waals surface area contributed by atoms with Crippen LogP contribution >= 0.6 is 0 Å². The van der Waals surface area contributed by atoms with Crippen LogP contribution < -0.4 is 5.73 Å². The Balaban J connectivity index is 1.96. The zero-order valence-corrected chi connectivity index (χ0v) is 10.9. The normalized spacial score (nSPS) is 10.8. The van der Waals surface area contributed by atoms with E-state index in [4.69, 9.17) is 5.73 Å². The first-order valence-electron chi connectivity index (χ1n) is 6.42. The van der Waals surface area contributed by atoms with Gasteiger partial charge in [-0.05, 0) is 36.2 Å². The summed E-state index contributed by atoms with van der Waals surface area (Å²) in [4.78, 5) is 4.68. The van der Waals surface area contributed by atoms with E-state index in [1.165, 1.54) is 10.9 Å². The SMILES string of the molecule is Cc1ccc(Cc2ccc3ccccc3n2)c(N)c1. The van der Waals surface area contributed by atoms with Gasteiger partial charge in [0.15, 0.2) is 0 Å². The fourth-order valence-electron chi connectivity index (χ4n) is 2.28. The highest BCUT2D eigenvalue weighted by molar-refractivity contribution is 5.78. The van der Waals surface area contributed by atoms with E-state index >= 15 is 0 Å². The van der Waals surface area contributed by atoms with E-state index in [9.17, 15) is 0 Å². The van der Waals surface area contributed by atoms with Crippen LogP contribution in [-0.2, 0) is 6.42 Å². The maximum atomic E-state index is 6.05. The fourth-order valence-corrected chi connectivity index (χ4v) is 2.28. The Morgan fingerprint density at radius 2 is 1.84 bits per heavy atom. The summed E-state index contributed by atoms with van der Waals surface area (Å²) in [7, 11) is 0. The molecule has 2 nitrogen and oxygen atoms in total. The van der Waals surface area contributed by atoms with Crippen molar-refractivity contribution in [3.05, 3.63) is 71.4 Å². The second-order valence-electron chi connectivity index (χ2n) is 4.87. The van der Waals surface area contributed by atoms with Crippen molar-refractivity contribution in [1.29, 1.82) is 0 Å². The van der Waals surface area contributed by atoms with Gasteiger partial charge in [-0.15, -0.1) is 0 Å². The lowest BCUT2D eigenvalue weighted by atomic mass is 10.0. The number of nitrogens with zero attached hydrogens (tertiary/aromatic N) is 1. The lowest BCUT2D eigenvalue weighted by Crippen LogP contribution is -1.98. The number of anilines is 1. The second-order valence-corrected chi connectivity index (χ2v) is 4.87. The molecule has 0 unspecified atom stereocenters. The molecule has 0 aliphatic rings. The van der Waals surface area contributed by atoms with Gasteiger partial charge < -0.3 is 5.73 Å². The van der Waals surface area contributed by atoms with Gasteiger partial charge in [0, 0.05) is 23.2 Å². The van der Waals surface area contributed by atoms with E-state index in [0.717, 1.165) is 28.9 Å². The molecule has 19 heavy (non-hydrogen) atoms. The van der Waals surface area contributed by atoms with Crippen LogP contribution in [-0.4, -0.2) is 4.98 Å². The quantitative estimate of drug-likeness (QED) is 0.702. The minimum absolute atomic E-state index is 0.775. The summed E-state index contributed by atoms with van der Waals surface area (Å²) in [6.45, 7) is 2.05. The molecule has 3 aromatic rings. The molecule has 0 saturated carbocycles. The minimum atomic E-state index is 0.775. The molecule has 1 aromatic heterocycles. The minimum Gasteiger partial charge on any atom is -0.398 e.